The van der Waals surface area contributed by atoms with Gasteiger partial charge in [-0.25, -0.2) is 0 Å². The summed E-state index contributed by atoms with van der Waals surface area (Å²) in [6.45, 7) is 8.68. The van der Waals surface area contributed by atoms with Crippen LogP contribution in [0, 0.1) is 5.41 Å². The van der Waals surface area contributed by atoms with Crippen LogP contribution in [0.3, 0.4) is 0 Å². The number of halogens is 3. The van der Waals surface area contributed by atoms with Gasteiger partial charge >= 0.3 is 6.18 Å². The lowest BCUT2D eigenvalue weighted by Gasteiger charge is -2.35. The molecule has 1 unspecified atom stereocenters. The van der Waals surface area contributed by atoms with Crippen molar-refractivity contribution in [2.45, 2.75) is 52.9 Å². The second-order valence-corrected chi connectivity index (χ2v) is 5.61. The van der Waals surface area contributed by atoms with Crippen LogP contribution >= 0.6 is 0 Å². The lowest BCUT2D eigenvalue weighted by atomic mass is 9.87. The Kier molecular flexibility index (Phi) is 5.26. The lowest BCUT2D eigenvalue weighted by molar-refractivity contribution is -0.150. The van der Waals surface area contributed by atoms with Crippen molar-refractivity contribution in [2.75, 3.05) is 13.1 Å². The fourth-order valence-corrected chi connectivity index (χ4v) is 1.21. The van der Waals surface area contributed by atoms with Gasteiger partial charge in [0, 0.05) is 18.6 Å². The van der Waals surface area contributed by atoms with Gasteiger partial charge in [0.25, 0.3) is 0 Å². The van der Waals surface area contributed by atoms with E-state index in [-0.39, 0.29) is 24.0 Å². The molecule has 0 bridgehead atoms. The van der Waals surface area contributed by atoms with E-state index < -0.39 is 12.7 Å². The first-order valence-corrected chi connectivity index (χ1v) is 5.50. The molecule has 16 heavy (non-hydrogen) atoms. The van der Waals surface area contributed by atoms with Gasteiger partial charge in [-0.05, 0) is 19.3 Å². The van der Waals surface area contributed by atoms with Crippen molar-refractivity contribution >= 4 is 0 Å². The highest BCUT2D eigenvalue weighted by atomic mass is 19.4. The van der Waals surface area contributed by atoms with Gasteiger partial charge in [0.2, 0.25) is 0 Å². The number of hydrogen-bond donors (Lipinski definition) is 1. The molecule has 98 valence electrons. The zero-order chi connectivity index (χ0) is 13.1. The van der Waals surface area contributed by atoms with Gasteiger partial charge in [-0.3, -0.25) is 4.90 Å². The van der Waals surface area contributed by atoms with E-state index in [1.54, 1.807) is 13.8 Å². The predicted octanol–water partition coefficient (Wildman–Crippen LogP) is 2.63. The summed E-state index contributed by atoms with van der Waals surface area (Å²) in [5.74, 6) is 0. The molecule has 2 N–H and O–H groups in total. The third-order valence-electron chi connectivity index (χ3n) is 2.66. The van der Waals surface area contributed by atoms with Crippen LogP contribution in [0.1, 0.15) is 34.6 Å². The van der Waals surface area contributed by atoms with Crippen LogP contribution < -0.4 is 5.73 Å². The molecule has 2 nitrogen and oxygen atoms in total. The third-order valence-corrected chi connectivity index (χ3v) is 2.66. The standard InChI is InChI=1S/C11H23F3N2/c1-8(2)16(7-11(12,13)14)6-9(15)10(3,4)5/h8-9H,6-7,15H2,1-5H3. The average Bonchev–Trinajstić information content (AvgIpc) is 1.98. The fraction of sp³-hybridized carbons (Fsp3) is 1.00. The number of alkyl halides is 3. The van der Waals surface area contributed by atoms with Crippen LogP contribution in [0.5, 0.6) is 0 Å². The van der Waals surface area contributed by atoms with E-state index in [1.165, 1.54) is 4.90 Å². The van der Waals surface area contributed by atoms with Gasteiger partial charge in [0.1, 0.15) is 0 Å². The van der Waals surface area contributed by atoms with E-state index in [1.807, 2.05) is 20.8 Å². The van der Waals surface area contributed by atoms with E-state index >= 15 is 0 Å². The summed E-state index contributed by atoms with van der Waals surface area (Å²) < 4.78 is 37.0. The Hall–Kier alpha value is -0.290. The Balaban J connectivity index is 4.47. The average molecular weight is 240 g/mol. The Morgan fingerprint density at radius 2 is 1.56 bits per heavy atom. The summed E-state index contributed by atoms with van der Waals surface area (Å²) in [6.07, 6.45) is -4.16. The normalized spacial score (nSPS) is 15.9. The van der Waals surface area contributed by atoms with Gasteiger partial charge in [-0.15, -0.1) is 0 Å². The first-order valence-electron chi connectivity index (χ1n) is 5.50. The van der Waals surface area contributed by atoms with Gasteiger partial charge in [-0.2, -0.15) is 13.2 Å². The molecule has 0 amide bonds. The Morgan fingerprint density at radius 3 is 1.81 bits per heavy atom. The molecule has 0 aromatic carbocycles. The minimum absolute atomic E-state index is 0.157. The van der Waals surface area contributed by atoms with Crippen molar-refractivity contribution in [1.29, 1.82) is 0 Å². The maximum Gasteiger partial charge on any atom is 0.401 e. The predicted molar refractivity (Wildman–Crippen MR) is 60.2 cm³/mol. The smallest absolute Gasteiger partial charge is 0.326 e. The molecule has 0 radical (unpaired) electrons. The molecule has 0 fully saturated rings. The summed E-state index contributed by atoms with van der Waals surface area (Å²) in [5, 5.41) is 0. The summed E-state index contributed by atoms with van der Waals surface area (Å²) in [5.41, 5.74) is 5.72. The van der Waals surface area contributed by atoms with Crippen molar-refractivity contribution in [1.82, 2.24) is 4.90 Å². The zero-order valence-corrected chi connectivity index (χ0v) is 10.7. The van der Waals surface area contributed by atoms with Crippen LogP contribution in [0.15, 0.2) is 0 Å². The van der Waals surface area contributed by atoms with E-state index in [9.17, 15) is 13.2 Å². The lowest BCUT2D eigenvalue weighted by Crippen LogP contribution is -2.50. The molecule has 0 aliphatic carbocycles. The van der Waals surface area contributed by atoms with Crippen LogP contribution in [0.2, 0.25) is 0 Å². The van der Waals surface area contributed by atoms with Crippen molar-refractivity contribution in [2.24, 2.45) is 11.1 Å². The molecule has 0 aromatic rings. The van der Waals surface area contributed by atoms with Crippen LogP contribution in [0.25, 0.3) is 0 Å². The molecule has 0 aliphatic rings. The minimum atomic E-state index is -4.16. The topological polar surface area (TPSA) is 29.3 Å². The van der Waals surface area contributed by atoms with Crippen LogP contribution in [-0.2, 0) is 0 Å². The fourth-order valence-electron chi connectivity index (χ4n) is 1.21. The number of rotatable bonds is 4. The molecule has 0 saturated carbocycles. The quantitative estimate of drug-likeness (QED) is 0.818. The summed E-state index contributed by atoms with van der Waals surface area (Å²) in [7, 11) is 0. The van der Waals surface area contributed by atoms with Crippen LogP contribution in [0.4, 0.5) is 13.2 Å². The maximum absolute atomic E-state index is 12.3. The summed E-state index contributed by atoms with van der Waals surface area (Å²) >= 11 is 0. The SMILES string of the molecule is CC(C)N(CC(N)C(C)(C)C)CC(F)(F)F. The van der Waals surface area contributed by atoms with Gasteiger partial charge < -0.3 is 5.73 Å². The molecule has 0 rings (SSSR count). The number of nitrogens with zero attached hydrogens (tertiary/aromatic N) is 1. The third kappa shape index (κ3) is 6.33. The second kappa shape index (κ2) is 5.36. The van der Waals surface area contributed by atoms with E-state index in [2.05, 4.69) is 0 Å². The van der Waals surface area contributed by atoms with E-state index in [0.717, 1.165) is 0 Å². The van der Waals surface area contributed by atoms with E-state index in [4.69, 9.17) is 5.73 Å². The Bertz CT molecular complexity index is 206. The molecule has 0 aromatic heterocycles. The monoisotopic (exact) mass is 240 g/mol. The molecule has 1 atom stereocenters. The van der Waals surface area contributed by atoms with Gasteiger partial charge in [-0.1, -0.05) is 20.8 Å². The zero-order valence-electron chi connectivity index (χ0n) is 10.7. The molecule has 0 spiro atoms. The van der Waals surface area contributed by atoms with Crippen molar-refractivity contribution in [3.8, 4) is 0 Å². The highest BCUT2D eigenvalue weighted by Crippen LogP contribution is 2.22. The van der Waals surface area contributed by atoms with Gasteiger partial charge in [0.05, 0.1) is 6.54 Å². The molecule has 0 aliphatic heterocycles. The van der Waals surface area contributed by atoms with Crippen LogP contribution in [-0.4, -0.2) is 36.2 Å². The number of nitrogens with two attached hydrogens (primary N) is 1. The van der Waals surface area contributed by atoms with Crippen molar-refractivity contribution in [3.05, 3.63) is 0 Å². The summed E-state index contributed by atoms with van der Waals surface area (Å²) in [4.78, 5) is 1.37. The largest absolute Gasteiger partial charge is 0.401 e. The summed E-state index contributed by atoms with van der Waals surface area (Å²) in [6, 6.07) is -0.424. The minimum Gasteiger partial charge on any atom is -0.326 e. The van der Waals surface area contributed by atoms with Crippen molar-refractivity contribution in [3.63, 3.8) is 0 Å². The van der Waals surface area contributed by atoms with Crippen molar-refractivity contribution < 1.29 is 13.2 Å². The first kappa shape index (κ1) is 15.7. The maximum atomic E-state index is 12.3. The molecule has 0 heterocycles. The first-order chi connectivity index (χ1) is 6.93. The van der Waals surface area contributed by atoms with E-state index in [0.29, 0.717) is 0 Å². The van der Waals surface area contributed by atoms with Gasteiger partial charge in [0.15, 0.2) is 0 Å². The Labute approximate surface area is 96.0 Å². The number of hydrogen-bond acceptors (Lipinski definition) is 2. The highest BCUT2D eigenvalue weighted by Gasteiger charge is 2.33. The molecular weight excluding hydrogens is 217 g/mol. The Morgan fingerprint density at radius 1 is 1.12 bits per heavy atom. The molecular formula is C11H23F3N2. The molecule has 5 heteroatoms. The second-order valence-electron chi connectivity index (χ2n) is 5.61. The highest BCUT2D eigenvalue weighted by molar-refractivity contribution is 4.82. The molecule has 0 saturated heterocycles.